The van der Waals surface area contributed by atoms with Crippen molar-refractivity contribution in [2.45, 2.75) is 39.2 Å². The van der Waals surface area contributed by atoms with Gasteiger partial charge in [-0.15, -0.1) is 0 Å². The molecule has 1 aliphatic rings. The fourth-order valence-corrected chi connectivity index (χ4v) is 4.50. The van der Waals surface area contributed by atoms with Gasteiger partial charge in [0.1, 0.15) is 5.75 Å². The number of ether oxygens (including phenoxy) is 1. The number of nitrogens with one attached hydrogen (secondary N) is 1. The summed E-state index contributed by atoms with van der Waals surface area (Å²) in [6.07, 6.45) is 7.93. The minimum Gasteiger partial charge on any atom is -0.492 e. The molecule has 1 amide bonds. The van der Waals surface area contributed by atoms with E-state index in [4.69, 9.17) is 4.74 Å². The van der Waals surface area contributed by atoms with Crippen LogP contribution in [-0.2, 0) is 16.6 Å². The van der Waals surface area contributed by atoms with Crippen molar-refractivity contribution >= 4 is 21.6 Å². The summed E-state index contributed by atoms with van der Waals surface area (Å²) in [4.78, 5) is 12.5. The van der Waals surface area contributed by atoms with Gasteiger partial charge in [0.25, 0.3) is 5.91 Å². The van der Waals surface area contributed by atoms with E-state index in [0.717, 1.165) is 18.4 Å². The number of hydrogen-bond donors (Lipinski definition) is 1. The second kappa shape index (κ2) is 10.5. The quantitative estimate of drug-likeness (QED) is 0.588. The van der Waals surface area contributed by atoms with Crippen LogP contribution in [0.5, 0.6) is 5.75 Å². The van der Waals surface area contributed by atoms with Crippen LogP contribution >= 0.6 is 0 Å². The SMILES string of the molecule is CCOc1ccccc1N(Cc1ccc(C(=O)NCC2=CCCCC2)cc1)S(C)(=O)=O. The average molecular weight is 443 g/mol. The second-order valence-corrected chi connectivity index (χ2v) is 9.56. The smallest absolute Gasteiger partial charge is 0.251 e. The molecule has 6 nitrogen and oxygen atoms in total. The molecular weight excluding hydrogens is 412 g/mol. The number of rotatable bonds is 9. The number of sulfonamides is 1. The van der Waals surface area contributed by atoms with Gasteiger partial charge in [-0.05, 0) is 62.4 Å². The maximum Gasteiger partial charge on any atom is 0.251 e. The summed E-state index contributed by atoms with van der Waals surface area (Å²) < 4.78 is 31.9. The first-order chi connectivity index (χ1) is 14.9. The fraction of sp³-hybridized carbons (Fsp3) is 0.375. The molecule has 31 heavy (non-hydrogen) atoms. The fourth-order valence-electron chi connectivity index (χ4n) is 3.61. The maximum absolute atomic E-state index is 12.5. The molecule has 1 N–H and O–H groups in total. The lowest BCUT2D eigenvalue weighted by Gasteiger charge is -2.24. The molecule has 0 fully saturated rings. The van der Waals surface area contributed by atoms with Crippen LogP contribution in [0.3, 0.4) is 0 Å². The summed E-state index contributed by atoms with van der Waals surface area (Å²) in [5, 5.41) is 2.97. The molecule has 0 bridgehead atoms. The molecule has 1 aliphatic carbocycles. The van der Waals surface area contributed by atoms with Gasteiger partial charge in [0.15, 0.2) is 0 Å². The molecule has 0 saturated heterocycles. The van der Waals surface area contributed by atoms with Gasteiger partial charge >= 0.3 is 0 Å². The number of para-hydroxylation sites is 2. The predicted octanol–water partition coefficient (Wildman–Crippen LogP) is 4.28. The minimum atomic E-state index is -3.54. The topological polar surface area (TPSA) is 75.7 Å². The van der Waals surface area contributed by atoms with Crippen LogP contribution in [0.25, 0.3) is 0 Å². The van der Waals surface area contributed by atoms with Crippen molar-refractivity contribution in [1.29, 1.82) is 0 Å². The lowest BCUT2D eigenvalue weighted by atomic mass is 9.99. The summed E-state index contributed by atoms with van der Waals surface area (Å²) in [5.74, 6) is 0.392. The molecular formula is C24H30N2O4S. The van der Waals surface area contributed by atoms with Crippen LogP contribution < -0.4 is 14.4 Å². The second-order valence-electron chi connectivity index (χ2n) is 7.66. The third kappa shape index (κ3) is 6.34. The van der Waals surface area contributed by atoms with Gasteiger partial charge in [0, 0.05) is 12.1 Å². The number of anilines is 1. The highest BCUT2D eigenvalue weighted by atomic mass is 32.2. The molecule has 3 rings (SSSR count). The summed E-state index contributed by atoms with van der Waals surface area (Å²) in [6.45, 7) is 3.03. The molecule has 166 valence electrons. The first-order valence-corrected chi connectivity index (χ1v) is 12.5. The van der Waals surface area contributed by atoms with Gasteiger partial charge in [0.05, 0.1) is 25.1 Å². The number of amides is 1. The lowest BCUT2D eigenvalue weighted by Crippen LogP contribution is -2.30. The van der Waals surface area contributed by atoms with Gasteiger partial charge < -0.3 is 10.1 Å². The van der Waals surface area contributed by atoms with Crippen molar-refractivity contribution in [3.63, 3.8) is 0 Å². The van der Waals surface area contributed by atoms with Crippen LogP contribution in [0.2, 0.25) is 0 Å². The van der Waals surface area contributed by atoms with E-state index in [0.29, 0.717) is 30.2 Å². The molecule has 0 aromatic heterocycles. The molecule has 0 unspecified atom stereocenters. The van der Waals surface area contributed by atoms with E-state index in [1.807, 2.05) is 13.0 Å². The summed E-state index contributed by atoms with van der Waals surface area (Å²) >= 11 is 0. The minimum absolute atomic E-state index is 0.125. The van der Waals surface area contributed by atoms with Crippen LogP contribution in [0.1, 0.15) is 48.5 Å². The Hall–Kier alpha value is -2.80. The Kier molecular flexibility index (Phi) is 7.74. The number of benzene rings is 2. The van der Waals surface area contributed by atoms with Crippen molar-refractivity contribution in [2.24, 2.45) is 0 Å². The zero-order valence-electron chi connectivity index (χ0n) is 18.1. The Labute approximate surface area is 185 Å². The van der Waals surface area contributed by atoms with E-state index in [2.05, 4.69) is 11.4 Å². The standard InChI is InChI=1S/C24H30N2O4S/c1-3-30-23-12-8-7-11-22(23)26(31(2,28)29)18-20-13-15-21(16-14-20)24(27)25-17-19-9-5-4-6-10-19/h7-9,11-16H,3-6,10,17-18H2,1-2H3,(H,25,27). The van der Waals surface area contributed by atoms with E-state index >= 15 is 0 Å². The van der Waals surface area contributed by atoms with E-state index in [1.165, 1.54) is 29.0 Å². The zero-order chi connectivity index (χ0) is 22.3. The molecule has 0 heterocycles. The lowest BCUT2D eigenvalue weighted by molar-refractivity contribution is 0.0956. The monoisotopic (exact) mass is 442 g/mol. The van der Waals surface area contributed by atoms with Crippen molar-refractivity contribution in [2.75, 3.05) is 23.7 Å². The van der Waals surface area contributed by atoms with Gasteiger partial charge in [-0.1, -0.05) is 35.9 Å². The number of allylic oxidation sites excluding steroid dienone is 1. The molecule has 0 aliphatic heterocycles. The highest BCUT2D eigenvalue weighted by Crippen LogP contribution is 2.31. The molecule has 2 aromatic rings. The van der Waals surface area contributed by atoms with Crippen LogP contribution in [0.15, 0.2) is 60.2 Å². The largest absolute Gasteiger partial charge is 0.492 e. The van der Waals surface area contributed by atoms with Gasteiger partial charge in [0.2, 0.25) is 10.0 Å². The van der Waals surface area contributed by atoms with Crippen molar-refractivity contribution in [1.82, 2.24) is 5.32 Å². The highest BCUT2D eigenvalue weighted by molar-refractivity contribution is 7.92. The Morgan fingerprint density at radius 1 is 1.10 bits per heavy atom. The highest BCUT2D eigenvalue weighted by Gasteiger charge is 2.21. The van der Waals surface area contributed by atoms with E-state index in [1.54, 1.807) is 42.5 Å². The van der Waals surface area contributed by atoms with Crippen molar-refractivity contribution in [3.8, 4) is 5.75 Å². The number of nitrogens with zero attached hydrogens (tertiary/aromatic N) is 1. The number of carbonyl (C=O) groups excluding carboxylic acids is 1. The first-order valence-electron chi connectivity index (χ1n) is 10.6. The van der Waals surface area contributed by atoms with E-state index in [-0.39, 0.29) is 12.5 Å². The predicted molar refractivity (Wildman–Crippen MR) is 124 cm³/mol. The molecule has 2 aromatic carbocycles. The van der Waals surface area contributed by atoms with Gasteiger partial charge in [-0.25, -0.2) is 8.42 Å². The molecule has 0 radical (unpaired) electrons. The molecule has 0 spiro atoms. The Balaban J connectivity index is 1.72. The van der Waals surface area contributed by atoms with Crippen molar-refractivity contribution < 1.29 is 17.9 Å². The first kappa shape index (κ1) is 22.9. The van der Waals surface area contributed by atoms with E-state index in [9.17, 15) is 13.2 Å². The van der Waals surface area contributed by atoms with Crippen LogP contribution in [0, 0.1) is 0 Å². The summed E-state index contributed by atoms with van der Waals surface area (Å²) in [6, 6.07) is 14.1. The molecule has 7 heteroatoms. The summed E-state index contributed by atoms with van der Waals surface area (Å²) in [7, 11) is -3.54. The van der Waals surface area contributed by atoms with Crippen LogP contribution in [0.4, 0.5) is 5.69 Å². The normalized spacial score (nSPS) is 13.9. The number of hydrogen-bond acceptors (Lipinski definition) is 4. The van der Waals surface area contributed by atoms with E-state index < -0.39 is 10.0 Å². The number of carbonyl (C=O) groups is 1. The Bertz CT molecular complexity index is 1030. The van der Waals surface area contributed by atoms with Crippen molar-refractivity contribution in [3.05, 3.63) is 71.3 Å². The molecule has 0 saturated carbocycles. The Morgan fingerprint density at radius 3 is 2.48 bits per heavy atom. The Morgan fingerprint density at radius 2 is 1.84 bits per heavy atom. The maximum atomic E-state index is 12.5. The average Bonchev–Trinajstić information content (AvgIpc) is 2.77. The third-order valence-electron chi connectivity index (χ3n) is 5.24. The van der Waals surface area contributed by atoms with Gasteiger partial charge in [-0.3, -0.25) is 9.10 Å². The third-order valence-corrected chi connectivity index (χ3v) is 6.36. The molecule has 0 atom stereocenters. The van der Waals surface area contributed by atoms with Gasteiger partial charge in [-0.2, -0.15) is 0 Å². The van der Waals surface area contributed by atoms with Crippen LogP contribution in [-0.4, -0.2) is 33.7 Å². The summed E-state index contributed by atoms with van der Waals surface area (Å²) in [5.41, 5.74) is 3.12. The zero-order valence-corrected chi connectivity index (χ0v) is 19.0.